The van der Waals surface area contributed by atoms with Gasteiger partial charge in [0.15, 0.2) is 0 Å². The molecule has 2 rings (SSSR count). The van der Waals surface area contributed by atoms with E-state index in [1.807, 2.05) is 17.1 Å². The van der Waals surface area contributed by atoms with Crippen LogP contribution in [0.5, 0.6) is 0 Å². The van der Waals surface area contributed by atoms with Crippen LogP contribution in [-0.2, 0) is 6.54 Å². The molecule has 0 aliphatic carbocycles. The third-order valence-corrected chi connectivity index (χ3v) is 4.89. The highest BCUT2D eigenvalue weighted by Crippen LogP contribution is 2.39. The third-order valence-electron chi connectivity index (χ3n) is 4.89. The first-order valence-corrected chi connectivity index (χ1v) is 8.13. The maximum atomic E-state index is 11.0. The molecule has 1 unspecified atom stereocenters. The molecule has 1 aromatic rings. The number of aryl methyl sites for hydroxylation is 1. The van der Waals surface area contributed by atoms with Crippen LogP contribution in [0.15, 0.2) is 12.4 Å². The van der Waals surface area contributed by atoms with Gasteiger partial charge in [-0.2, -0.15) is 5.10 Å². The van der Waals surface area contributed by atoms with Crippen LogP contribution < -0.4 is 0 Å². The molecule has 1 aliphatic heterocycles. The number of hydrogen-bond donors (Lipinski definition) is 1. The van der Waals surface area contributed by atoms with Crippen LogP contribution in [0.1, 0.15) is 64.5 Å². The topological polar surface area (TPSA) is 41.3 Å². The number of hydrogen-bond acceptors (Lipinski definition) is 3. The first-order chi connectivity index (χ1) is 9.67. The van der Waals surface area contributed by atoms with Gasteiger partial charge in [0.05, 0.1) is 11.7 Å². The fourth-order valence-corrected chi connectivity index (χ4v) is 3.60. The summed E-state index contributed by atoms with van der Waals surface area (Å²) >= 11 is 0. The number of rotatable bonds is 7. The molecular weight excluding hydrogens is 250 g/mol. The van der Waals surface area contributed by atoms with Gasteiger partial charge in [-0.25, -0.2) is 0 Å². The van der Waals surface area contributed by atoms with Crippen molar-refractivity contribution >= 4 is 0 Å². The molecule has 1 saturated heterocycles. The Balaban J connectivity index is 2.22. The van der Waals surface area contributed by atoms with Crippen molar-refractivity contribution in [2.24, 2.45) is 0 Å². The second-order valence-electron chi connectivity index (χ2n) is 5.94. The lowest BCUT2D eigenvalue weighted by Gasteiger charge is -2.44. The molecule has 2 heterocycles. The highest BCUT2D eigenvalue weighted by molar-refractivity contribution is 5.15. The minimum Gasteiger partial charge on any atom is -0.386 e. The highest BCUT2D eigenvalue weighted by atomic mass is 16.3. The summed E-state index contributed by atoms with van der Waals surface area (Å²) in [6.07, 6.45) is 8.94. The van der Waals surface area contributed by atoms with Crippen molar-refractivity contribution in [2.45, 2.75) is 71.1 Å². The molecule has 1 aliphatic rings. The van der Waals surface area contributed by atoms with Crippen LogP contribution in [0, 0.1) is 0 Å². The standard InChI is InChI=1S/C16H29N3O/c1-4-9-19-13-14(12-17-19)15(20)16(5-2,6-3)18-10-7-8-11-18/h12-13,15,20H,4-11H2,1-3H3. The molecule has 114 valence electrons. The van der Waals surface area contributed by atoms with Crippen LogP contribution in [-0.4, -0.2) is 38.4 Å². The summed E-state index contributed by atoms with van der Waals surface area (Å²) in [5.41, 5.74) is 0.838. The van der Waals surface area contributed by atoms with E-state index in [2.05, 4.69) is 30.8 Å². The summed E-state index contributed by atoms with van der Waals surface area (Å²) in [4.78, 5) is 2.49. The smallest absolute Gasteiger partial charge is 0.100 e. The Hall–Kier alpha value is -0.870. The lowest BCUT2D eigenvalue weighted by Crippen LogP contribution is -2.51. The van der Waals surface area contributed by atoms with Crippen molar-refractivity contribution < 1.29 is 5.11 Å². The summed E-state index contributed by atoms with van der Waals surface area (Å²) in [6, 6.07) is 0. The Labute approximate surface area is 122 Å². The van der Waals surface area contributed by atoms with Gasteiger partial charge in [-0.1, -0.05) is 20.8 Å². The monoisotopic (exact) mass is 279 g/mol. The van der Waals surface area contributed by atoms with E-state index in [0.29, 0.717) is 0 Å². The Morgan fingerprint density at radius 3 is 2.45 bits per heavy atom. The predicted octanol–water partition coefficient (Wildman–Crippen LogP) is 2.98. The molecule has 0 spiro atoms. The molecule has 1 atom stereocenters. The van der Waals surface area contributed by atoms with E-state index in [9.17, 15) is 5.11 Å². The largest absolute Gasteiger partial charge is 0.386 e. The van der Waals surface area contributed by atoms with Crippen molar-refractivity contribution in [1.82, 2.24) is 14.7 Å². The van der Waals surface area contributed by atoms with E-state index in [-0.39, 0.29) is 5.54 Å². The number of aliphatic hydroxyl groups is 1. The molecule has 1 fully saturated rings. The highest BCUT2D eigenvalue weighted by Gasteiger charge is 2.42. The predicted molar refractivity (Wildman–Crippen MR) is 81.6 cm³/mol. The Kier molecular flexibility index (Phi) is 5.22. The fourth-order valence-electron chi connectivity index (χ4n) is 3.60. The number of likely N-dealkylation sites (tertiary alicyclic amines) is 1. The zero-order valence-corrected chi connectivity index (χ0v) is 13.2. The Morgan fingerprint density at radius 1 is 1.25 bits per heavy atom. The lowest BCUT2D eigenvalue weighted by atomic mass is 9.82. The summed E-state index contributed by atoms with van der Waals surface area (Å²) in [5.74, 6) is 0. The van der Waals surface area contributed by atoms with Gasteiger partial charge < -0.3 is 5.11 Å². The van der Waals surface area contributed by atoms with Crippen LogP contribution >= 0.6 is 0 Å². The van der Waals surface area contributed by atoms with E-state index in [4.69, 9.17) is 0 Å². The van der Waals surface area contributed by atoms with Crippen molar-refractivity contribution in [1.29, 1.82) is 0 Å². The molecule has 0 saturated carbocycles. The van der Waals surface area contributed by atoms with Gasteiger partial charge in [-0.15, -0.1) is 0 Å². The molecule has 0 amide bonds. The molecule has 4 heteroatoms. The summed E-state index contributed by atoms with van der Waals surface area (Å²) in [7, 11) is 0. The molecule has 1 aromatic heterocycles. The molecule has 0 radical (unpaired) electrons. The van der Waals surface area contributed by atoms with Gasteiger partial charge in [0, 0.05) is 18.3 Å². The maximum absolute atomic E-state index is 11.0. The third kappa shape index (κ3) is 2.77. The van der Waals surface area contributed by atoms with Crippen LogP contribution in [0.25, 0.3) is 0 Å². The molecule has 0 bridgehead atoms. The van der Waals surface area contributed by atoms with Crippen molar-refractivity contribution in [3.8, 4) is 0 Å². The second-order valence-corrected chi connectivity index (χ2v) is 5.94. The molecule has 20 heavy (non-hydrogen) atoms. The number of nitrogens with zero attached hydrogens (tertiary/aromatic N) is 3. The van der Waals surface area contributed by atoms with Gasteiger partial charge >= 0.3 is 0 Å². The van der Waals surface area contributed by atoms with Crippen molar-refractivity contribution in [3.05, 3.63) is 18.0 Å². The van der Waals surface area contributed by atoms with E-state index >= 15 is 0 Å². The maximum Gasteiger partial charge on any atom is 0.100 e. The quantitative estimate of drug-likeness (QED) is 0.834. The van der Waals surface area contributed by atoms with E-state index in [1.165, 1.54) is 12.8 Å². The van der Waals surface area contributed by atoms with Gasteiger partial charge in [0.2, 0.25) is 0 Å². The van der Waals surface area contributed by atoms with Gasteiger partial charge in [0.1, 0.15) is 6.10 Å². The van der Waals surface area contributed by atoms with Crippen LogP contribution in [0.3, 0.4) is 0 Å². The molecule has 1 N–H and O–H groups in total. The Morgan fingerprint density at radius 2 is 1.90 bits per heavy atom. The SMILES string of the molecule is CCCn1cc(C(O)C(CC)(CC)N2CCCC2)cn1. The molecule has 4 nitrogen and oxygen atoms in total. The van der Waals surface area contributed by atoms with Gasteiger partial charge in [0.25, 0.3) is 0 Å². The Bertz CT molecular complexity index is 406. The number of aliphatic hydroxyl groups excluding tert-OH is 1. The average molecular weight is 279 g/mol. The fraction of sp³-hybridized carbons (Fsp3) is 0.812. The number of aromatic nitrogens is 2. The second kappa shape index (κ2) is 6.72. The lowest BCUT2D eigenvalue weighted by molar-refractivity contribution is -0.0295. The first-order valence-electron chi connectivity index (χ1n) is 8.13. The van der Waals surface area contributed by atoms with Crippen LogP contribution in [0.4, 0.5) is 0 Å². The van der Waals surface area contributed by atoms with E-state index < -0.39 is 6.10 Å². The zero-order valence-electron chi connectivity index (χ0n) is 13.2. The van der Waals surface area contributed by atoms with Crippen molar-refractivity contribution in [2.75, 3.05) is 13.1 Å². The van der Waals surface area contributed by atoms with E-state index in [1.54, 1.807) is 0 Å². The van der Waals surface area contributed by atoms with Gasteiger partial charge in [-0.05, 0) is 45.2 Å². The van der Waals surface area contributed by atoms with Crippen LogP contribution in [0.2, 0.25) is 0 Å². The first kappa shape index (κ1) is 15.5. The summed E-state index contributed by atoms with van der Waals surface area (Å²) in [6.45, 7) is 9.68. The molecule has 0 aromatic carbocycles. The minimum absolute atomic E-state index is 0.128. The average Bonchev–Trinajstić information content (AvgIpc) is 3.12. The molecular formula is C16H29N3O. The van der Waals surface area contributed by atoms with Crippen molar-refractivity contribution in [3.63, 3.8) is 0 Å². The minimum atomic E-state index is -0.443. The summed E-state index contributed by atoms with van der Waals surface area (Å²) in [5, 5.41) is 15.4. The van der Waals surface area contributed by atoms with E-state index in [0.717, 1.165) is 44.5 Å². The van der Waals surface area contributed by atoms with Gasteiger partial charge in [-0.3, -0.25) is 9.58 Å². The zero-order chi connectivity index (χ0) is 14.6. The summed E-state index contributed by atoms with van der Waals surface area (Å²) < 4.78 is 1.94. The normalized spacial score (nSPS) is 18.6.